The number of allylic oxidation sites excluding steroid dienone is 1. The highest BCUT2D eigenvalue weighted by Crippen LogP contribution is 2.05. The molecule has 0 saturated heterocycles. The topological polar surface area (TPSA) is 41.1 Å². The van der Waals surface area contributed by atoms with E-state index in [0.717, 1.165) is 17.6 Å². The highest BCUT2D eigenvalue weighted by molar-refractivity contribution is 5.75. The van der Waals surface area contributed by atoms with Gasteiger partial charge in [-0.2, -0.15) is 0 Å². The maximum atomic E-state index is 11.5. The van der Waals surface area contributed by atoms with Gasteiger partial charge in [0.05, 0.1) is 0 Å². The summed E-state index contributed by atoms with van der Waals surface area (Å²) >= 11 is 0. The van der Waals surface area contributed by atoms with E-state index in [2.05, 4.69) is 17.6 Å². The highest BCUT2D eigenvalue weighted by atomic mass is 16.2. The second kappa shape index (κ2) is 6.74. The van der Waals surface area contributed by atoms with Gasteiger partial charge in [-0.25, -0.2) is 4.79 Å². The number of hydrogen-bond donors (Lipinski definition) is 2. The van der Waals surface area contributed by atoms with Crippen molar-refractivity contribution in [1.29, 1.82) is 0 Å². The Morgan fingerprint density at radius 3 is 2.71 bits per heavy atom. The van der Waals surface area contributed by atoms with Crippen LogP contribution in [-0.4, -0.2) is 6.03 Å². The molecule has 2 N–H and O–H groups in total. The van der Waals surface area contributed by atoms with E-state index in [1.807, 2.05) is 38.1 Å². The molecule has 0 aliphatic carbocycles. The molecule has 3 nitrogen and oxygen atoms in total. The third kappa shape index (κ3) is 4.72. The summed E-state index contributed by atoms with van der Waals surface area (Å²) in [5.74, 6) is 0. The van der Waals surface area contributed by atoms with Crippen molar-refractivity contribution in [3.8, 4) is 0 Å². The van der Waals surface area contributed by atoms with E-state index in [-0.39, 0.29) is 6.03 Å². The van der Waals surface area contributed by atoms with Crippen LogP contribution in [0.1, 0.15) is 31.4 Å². The average molecular weight is 232 g/mol. The first-order valence-electron chi connectivity index (χ1n) is 5.88. The molecule has 0 saturated carbocycles. The molecule has 0 aliphatic rings. The molecular formula is C14H20N2O. The molecule has 0 heterocycles. The number of nitrogens with one attached hydrogen (secondary N) is 2. The van der Waals surface area contributed by atoms with Gasteiger partial charge >= 0.3 is 6.03 Å². The zero-order valence-electron chi connectivity index (χ0n) is 10.7. The molecule has 3 heteroatoms. The van der Waals surface area contributed by atoms with Crippen LogP contribution in [0.4, 0.5) is 4.79 Å². The molecule has 0 unspecified atom stereocenters. The number of aryl methyl sites for hydroxylation is 1. The summed E-state index contributed by atoms with van der Waals surface area (Å²) in [4.78, 5) is 11.5. The van der Waals surface area contributed by atoms with Crippen LogP contribution >= 0.6 is 0 Å². The van der Waals surface area contributed by atoms with Crippen LogP contribution < -0.4 is 10.6 Å². The Morgan fingerprint density at radius 2 is 2.06 bits per heavy atom. The number of amides is 2. The quantitative estimate of drug-likeness (QED) is 0.822. The standard InChI is InChI=1S/C14H20N2O/c1-4-11(2)9-15-14(17)16-10-13-8-6-5-7-12(13)3/h5-9H,4,10H2,1-3H3,(H2,15,16,17)/b11-9+. The van der Waals surface area contributed by atoms with Crippen molar-refractivity contribution in [1.82, 2.24) is 10.6 Å². The second-order valence-electron chi connectivity index (χ2n) is 4.10. The number of rotatable bonds is 4. The van der Waals surface area contributed by atoms with E-state index in [1.165, 1.54) is 5.56 Å². The molecule has 92 valence electrons. The fourth-order valence-corrected chi connectivity index (χ4v) is 1.33. The van der Waals surface area contributed by atoms with Crippen LogP contribution in [0.25, 0.3) is 0 Å². The Labute approximate surface area is 103 Å². The Balaban J connectivity index is 2.41. The van der Waals surface area contributed by atoms with Gasteiger partial charge < -0.3 is 10.6 Å². The molecule has 0 fully saturated rings. The number of carbonyl (C=O) groups is 1. The Kier molecular flexibility index (Phi) is 5.27. The largest absolute Gasteiger partial charge is 0.334 e. The summed E-state index contributed by atoms with van der Waals surface area (Å²) < 4.78 is 0. The lowest BCUT2D eigenvalue weighted by Gasteiger charge is -2.07. The molecule has 17 heavy (non-hydrogen) atoms. The molecule has 0 radical (unpaired) electrons. The summed E-state index contributed by atoms with van der Waals surface area (Å²) in [7, 11) is 0. The molecule has 0 bridgehead atoms. The van der Waals surface area contributed by atoms with Crippen molar-refractivity contribution in [3.05, 3.63) is 47.2 Å². The van der Waals surface area contributed by atoms with Crippen molar-refractivity contribution in [3.63, 3.8) is 0 Å². The van der Waals surface area contributed by atoms with E-state index >= 15 is 0 Å². The normalized spacial score (nSPS) is 11.1. The fourth-order valence-electron chi connectivity index (χ4n) is 1.33. The summed E-state index contributed by atoms with van der Waals surface area (Å²) in [5.41, 5.74) is 3.47. The van der Waals surface area contributed by atoms with Crippen LogP contribution in [0.5, 0.6) is 0 Å². The summed E-state index contributed by atoms with van der Waals surface area (Å²) in [6.07, 6.45) is 2.69. The van der Waals surface area contributed by atoms with Gasteiger partial charge in [0.2, 0.25) is 0 Å². The van der Waals surface area contributed by atoms with Gasteiger partial charge in [0.25, 0.3) is 0 Å². The predicted molar refractivity (Wildman–Crippen MR) is 70.6 cm³/mol. The minimum Gasteiger partial charge on any atom is -0.334 e. The minimum atomic E-state index is -0.166. The lowest BCUT2D eigenvalue weighted by molar-refractivity contribution is 0.243. The summed E-state index contributed by atoms with van der Waals surface area (Å²) in [6, 6.07) is 7.86. The van der Waals surface area contributed by atoms with Crippen molar-refractivity contribution < 1.29 is 4.79 Å². The van der Waals surface area contributed by atoms with Crippen molar-refractivity contribution >= 4 is 6.03 Å². The van der Waals surface area contributed by atoms with Crippen molar-refractivity contribution in [2.45, 2.75) is 33.7 Å². The van der Waals surface area contributed by atoms with Gasteiger partial charge in [-0.3, -0.25) is 0 Å². The maximum absolute atomic E-state index is 11.5. The zero-order chi connectivity index (χ0) is 12.7. The Bertz CT molecular complexity index is 410. The maximum Gasteiger partial charge on any atom is 0.319 e. The first-order chi connectivity index (χ1) is 8.13. The minimum absolute atomic E-state index is 0.166. The summed E-state index contributed by atoms with van der Waals surface area (Å²) in [5, 5.41) is 5.54. The zero-order valence-corrected chi connectivity index (χ0v) is 10.7. The number of benzene rings is 1. The van der Waals surface area contributed by atoms with Gasteiger partial charge in [-0.1, -0.05) is 36.8 Å². The van der Waals surface area contributed by atoms with Gasteiger partial charge in [0, 0.05) is 12.7 Å². The third-order valence-corrected chi connectivity index (χ3v) is 2.71. The molecule has 0 atom stereocenters. The van der Waals surface area contributed by atoms with Gasteiger partial charge in [-0.05, 0) is 31.4 Å². The lowest BCUT2D eigenvalue weighted by atomic mass is 10.1. The van der Waals surface area contributed by atoms with Gasteiger partial charge in [0.1, 0.15) is 0 Å². The van der Waals surface area contributed by atoms with Gasteiger partial charge in [-0.15, -0.1) is 0 Å². The first kappa shape index (κ1) is 13.3. The fraction of sp³-hybridized carbons (Fsp3) is 0.357. The average Bonchev–Trinajstić information content (AvgIpc) is 2.35. The van der Waals surface area contributed by atoms with E-state index < -0.39 is 0 Å². The van der Waals surface area contributed by atoms with E-state index in [1.54, 1.807) is 6.20 Å². The van der Waals surface area contributed by atoms with Crippen molar-refractivity contribution in [2.24, 2.45) is 0 Å². The van der Waals surface area contributed by atoms with Crippen molar-refractivity contribution in [2.75, 3.05) is 0 Å². The Morgan fingerprint density at radius 1 is 1.35 bits per heavy atom. The van der Waals surface area contributed by atoms with E-state index in [4.69, 9.17) is 0 Å². The molecule has 1 rings (SSSR count). The van der Waals surface area contributed by atoms with Crippen LogP contribution in [0.15, 0.2) is 36.0 Å². The number of hydrogen-bond acceptors (Lipinski definition) is 1. The van der Waals surface area contributed by atoms with Crippen LogP contribution in [0, 0.1) is 6.92 Å². The lowest BCUT2D eigenvalue weighted by Crippen LogP contribution is -2.32. The SMILES string of the molecule is CC/C(C)=C/NC(=O)NCc1ccccc1C. The number of urea groups is 1. The second-order valence-corrected chi connectivity index (χ2v) is 4.10. The monoisotopic (exact) mass is 232 g/mol. The molecule has 0 aromatic heterocycles. The van der Waals surface area contributed by atoms with Crippen LogP contribution in [-0.2, 0) is 6.54 Å². The smallest absolute Gasteiger partial charge is 0.319 e. The molecule has 1 aromatic carbocycles. The van der Waals surface area contributed by atoms with Gasteiger partial charge in [0.15, 0.2) is 0 Å². The van der Waals surface area contributed by atoms with Crippen LogP contribution in [0.2, 0.25) is 0 Å². The molecule has 1 aromatic rings. The number of carbonyl (C=O) groups excluding carboxylic acids is 1. The van der Waals surface area contributed by atoms with E-state index in [9.17, 15) is 4.79 Å². The molecular weight excluding hydrogens is 212 g/mol. The molecule has 0 aliphatic heterocycles. The first-order valence-corrected chi connectivity index (χ1v) is 5.88. The Hall–Kier alpha value is -1.77. The summed E-state index contributed by atoms with van der Waals surface area (Å²) in [6.45, 7) is 6.63. The molecule has 0 spiro atoms. The molecule has 2 amide bonds. The predicted octanol–water partition coefficient (Wildman–Crippen LogP) is 3.11. The van der Waals surface area contributed by atoms with E-state index in [0.29, 0.717) is 6.54 Å². The highest BCUT2D eigenvalue weighted by Gasteiger charge is 2.00. The third-order valence-electron chi connectivity index (χ3n) is 2.71. The van der Waals surface area contributed by atoms with Crippen LogP contribution in [0.3, 0.4) is 0 Å².